The van der Waals surface area contributed by atoms with Gasteiger partial charge in [-0.1, -0.05) is 25.7 Å². The molecule has 0 radical (unpaired) electrons. The Bertz CT molecular complexity index is 618. The van der Waals surface area contributed by atoms with Gasteiger partial charge in [0.15, 0.2) is 0 Å². The van der Waals surface area contributed by atoms with Gasteiger partial charge in [0.05, 0.1) is 12.2 Å². The molecular weight excluding hydrogens is 292 g/mol. The summed E-state index contributed by atoms with van der Waals surface area (Å²) < 4.78 is 5.11. The molecule has 0 saturated carbocycles. The predicted molar refractivity (Wildman–Crippen MR) is 90.2 cm³/mol. The molecule has 1 aliphatic heterocycles. The van der Waals surface area contributed by atoms with Gasteiger partial charge in [-0.2, -0.15) is 0 Å². The first-order valence-corrected chi connectivity index (χ1v) is 11.3. The maximum atomic E-state index is 11.8. The molecule has 1 N–H and O–H groups in total. The summed E-state index contributed by atoms with van der Waals surface area (Å²) in [7, 11) is -1.27. The number of carbonyl (C=O) groups is 1. The molecule has 0 aromatic heterocycles. The molecule has 0 bridgehead atoms. The fourth-order valence-corrected chi connectivity index (χ4v) is 3.23. The highest BCUT2D eigenvalue weighted by atomic mass is 28.3. The van der Waals surface area contributed by atoms with Crippen LogP contribution in [0.4, 0.5) is 0 Å². The Kier molecular flexibility index (Phi) is 5.44. The second kappa shape index (κ2) is 7.13. The average molecular weight is 316 g/mol. The Hall–Kier alpha value is -1.57. The van der Waals surface area contributed by atoms with Crippen LogP contribution >= 0.6 is 0 Å². The van der Waals surface area contributed by atoms with Crippen LogP contribution in [0.5, 0.6) is 0 Å². The zero-order valence-electron chi connectivity index (χ0n) is 13.7. The van der Waals surface area contributed by atoms with Crippen molar-refractivity contribution in [3.63, 3.8) is 0 Å². The van der Waals surface area contributed by atoms with Crippen LogP contribution in [0.25, 0.3) is 0 Å². The minimum Gasteiger partial charge on any atom is -0.457 e. The highest BCUT2D eigenvalue weighted by Gasteiger charge is 2.25. The summed E-state index contributed by atoms with van der Waals surface area (Å²) in [5.41, 5.74) is 6.84. The number of carbonyl (C=O) groups excluding carboxylic acids is 1. The monoisotopic (exact) mass is 316 g/mol. The molecule has 22 heavy (non-hydrogen) atoms. The van der Waals surface area contributed by atoms with Crippen molar-refractivity contribution in [1.82, 2.24) is 0 Å². The summed E-state index contributed by atoms with van der Waals surface area (Å²) >= 11 is 0. The second-order valence-corrected chi connectivity index (χ2v) is 11.5. The van der Waals surface area contributed by atoms with Gasteiger partial charge in [0.25, 0.3) is 0 Å². The van der Waals surface area contributed by atoms with E-state index >= 15 is 0 Å². The van der Waals surface area contributed by atoms with Crippen LogP contribution in [-0.2, 0) is 24.4 Å². The van der Waals surface area contributed by atoms with Gasteiger partial charge in [0.2, 0.25) is 0 Å². The summed E-state index contributed by atoms with van der Waals surface area (Å²) in [6.07, 6.45) is 3.77. The number of fused-ring (bicyclic) bond motifs is 1. The zero-order chi connectivity index (χ0) is 16.2. The van der Waals surface area contributed by atoms with Crippen LogP contribution in [0, 0.1) is 11.5 Å². The smallest absolute Gasteiger partial charge is 0.339 e. The molecule has 0 aliphatic carbocycles. The fraction of sp³-hybridized carbons (Fsp3) is 0.500. The number of unbranched alkanes of at least 4 members (excludes halogenated alkanes) is 2. The quantitative estimate of drug-likeness (QED) is 0.392. The van der Waals surface area contributed by atoms with Gasteiger partial charge in [-0.05, 0) is 36.5 Å². The molecule has 0 amide bonds. The van der Waals surface area contributed by atoms with Gasteiger partial charge >= 0.3 is 5.97 Å². The Morgan fingerprint density at radius 2 is 2.05 bits per heavy atom. The first kappa shape index (κ1) is 16.8. The highest BCUT2D eigenvalue weighted by molar-refractivity contribution is 6.83. The van der Waals surface area contributed by atoms with Gasteiger partial charge in [-0.3, -0.25) is 0 Å². The molecule has 3 nitrogen and oxygen atoms in total. The van der Waals surface area contributed by atoms with Crippen molar-refractivity contribution in [3.8, 4) is 11.5 Å². The molecule has 4 heteroatoms. The largest absolute Gasteiger partial charge is 0.457 e. The molecule has 118 valence electrons. The van der Waals surface area contributed by atoms with E-state index < -0.39 is 8.07 Å². The normalized spacial score (nSPS) is 13.4. The Labute approximate surface area is 133 Å². The van der Waals surface area contributed by atoms with Gasteiger partial charge < -0.3 is 9.84 Å². The summed E-state index contributed by atoms with van der Waals surface area (Å²) in [5.74, 6) is 3.05. The van der Waals surface area contributed by atoms with E-state index in [-0.39, 0.29) is 12.6 Å². The van der Waals surface area contributed by atoms with E-state index in [9.17, 15) is 9.90 Å². The van der Waals surface area contributed by atoms with Crippen molar-refractivity contribution < 1.29 is 14.6 Å². The first-order chi connectivity index (χ1) is 10.4. The summed E-state index contributed by atoms with van der Waals surface area (Å²) in [6, 6.07) is 3.79. The van der Waals surface area contributed by atoms with E-state index in [0.29, 0.717) is 12.2 Å². The molecule has 1 aromatic carbocycles. The van der Waals surface area contributed by atoms with Crippen LogP contribution in [0.15, 0.2) is 12.1 Å². The van der Waals surface area contributed by atoms with Crippen LogP contribution in [0.3, 0.4) is 0 Å². The molecular formula is C18H24O3Si. The van der Waals surface area contributed by atoms with Crippen molar-refractivity contribution in [2.45, 2.75) is 58.5 Å². The number of hydrogen-bond donors (Lipinski definition) is 1. The van der Waals surface area contributed by atoms with E-state index in [1.165, 1.54) is 0 Å². The number of cyclic esters (lactones) is 1. The Balaban J connectivity index is 1.97. The Morgan fingerprint density at radius 3 is 2.73 bits per heavy atom. The number of benzene rings is 1. The average Bonchev–Trinajstić information content (AvgIpc) is 2.83. The number of hydrogen-bond acceptors (Lipinski definition) is 3. The lowest BCUT2D eigenvalue weighted by molar-refractivity contribution is 0.0534. The lowest BCUT2D eigenvalue weighted by Crippen LogP contribution is -2.16. The molecule has 1 heterocycles. The zero-order valence-corrected chi connectivity index (χ0v) is 14.7. The molecule has 2 rings (SSSR count). The molecule has 0 atom stereocenters. The van der Waals surface area contributed by atoms with E-state index in [0.717, 1.165) is 42.4 Å². The maximum Gasteiger partial charge on any atom is 0.339 e. The van der Waals surface area contributed by atoms with Crippen molar-refractivity contribution in [2.75, 3.05) is 0 Å². The lowest BCUT2D eigenvalue weighted by atomic mass is 9.95. The number of rotatable bonds is 5. The molecule has 0 saturated heterocycles. The topological polar surface area (TPSA) is 46.5 Å². The van der Waals surface area contributed by atoms with Gasteiger partial charge in [0.1, 0.15) is 14.7 Å². The van der Waals surface area contributed by atoms with Crippen LogP contribution in [0.1, 0.15) is 46.3 Å². The third-order valence-electron chi connectivity index (χ3n) is 3.57. The van der Waals surface area contributed by atoms with E-state index in [1.54, 1.807) is 0 Å². The van der Waals surface area contributed by atoms with Crippen LogP contribution < -0.4 is 0 Å². The standard InChI is InChI=1S/C18H24O3Si/c1-22(2,3)9-7-5-4-6-8-15-10-14(12-19)11-16-13-21-18(20)17(15)16/h10-11,19H,4-6,8,12-13H2,1-3H3. The fourth-order valence-electron chi connectivity index (χ4n) is 2.58. The van der Waals surface area contributed by atoms with Crippen LogP contribution in [0.2, 0.25) is 19.6 Å². The van der Waals surface area contributed by atoms with Crippen molar-refractivity contribution >= 4 is 14.0 Å². The minimum absolute atomic E-state index is 0.00381. The van der Waals surface area contributed by atoms with Crippen molar-refractivity contribution in [1.29, 1.82) is 0 Å². The summed E-state index contributed by atoms with van der Waals surface area (Å²) in [6.45, 7) is 7.06. The first-order valence-electron chi connectivity index (χ1n) is 7.83. The molecule has 1 aliphatic rings. The number of aryl methyl sites for hydroxylation is 1. The van der Waals surface area contributed by atoms with E-state index in [4.69, 9.17) is 4.74 Å². The van der Waals surface area contributed by atoms with E-state index in [2.05, 4.69) is 31.1 Å². The van der Waals surface area contributed by atoms with Gasteiger partial charge in [-0.15, -0.1) is 11.5 Å². The summed E-state index contributed by atoms with van der Waals surface area (Å²) in [5, 5.41) is 9.34. The summed E-state index contributed by atoms with van der Waals surface area (Å²) in [4.78, 5) is 11.8. The maximum absolute atomic E-state index is 11.8. The molecule has 0 fully saturated rings. The van der Waals surface area contributed by atoms with Crippen molar-refractivity contribution in [2.24, 2.45) is 0 Å². The van der Waals surface area contributed by atoms with E-state index in [1.807, 2.05) is 12.1 Å². The lowest BCUT2D eigenvalue weighted by Gasteiger charge is -2.08. The number of esters is 1. The van der Waals surface area contributed by atoms with Crippen molar-refractivity contribution in [3.05, 3.63) is 34.4 Å². The number of aliphatic hydroxyl groups excluding tert-OH is 1. The third-order valence-corrected chi connectivity index (χ3v) is 4.50. The minimum atomic E-state index is -1.27. The molecule has 1 aromatic rings. The van der Waals surface area contributed by atoms with Gasteiger partial charge in [-0.25, -0.2) is 4.79 Å². The molecule has 0 unspecified atom stereocenters. The number of aliphatic hydroxyl groups is 1. The second-order valence-electron chi connectivity index (χ2n) is 6.78. The SMILES string of the molecule is C[Si](C)(C)C#CCCCCc1cc(CO)cc2c1C(=O)OC2. The third kappa shape index (κ3) is 4.46. The van der Waals surface area contributed by atoms with Gasteiger partial charge in [0, 0.05) is 12.0 Å². The predicted octanol–water partition coefficient (Wildman–Crippen LogP) is 3.44. The van der Waals surface area contributed by atoms with Crippen LogP contribution in [-0.4, -0.2) is 19.1 Å². The number of ether oxygens (including phenoxy) is 1. The Morgan fingerprint density at radius 1 is 1.27 bits per heavy atom. The highest BCUT2D eigenvalue weighted by Crippen LogP contribution is 2.27. The molecule has 0 spiro atoms.